The third kappa shape index (κ3) is 2.66. The van der Waals surface area contributed by atoms with Crippen molar-refractivity contribution in [1.29, 1.82) is 0 Å². The van der Waals surface area contributed by atoms with Gasteiger partial charge in [-0.15, -0.1) is 0 Å². The fourth-order valence-electron chi connectivity index (χ4n) is 1.29. The molecule has 0 atom stereocenters. The van der Waals surface area contributed by atoms with E-state index in [0.717, 1.165) is 11.5 Å². The lowest BCUT2D eigenvalue weighted by molar-refractivity contribution is -0.151. The third-order valence-corrected chi connectivity index (χ3v) is 3.64. The van der Waals surface area contributed by atoms with Crippen molar-refractivity contribution in [3.8, 4) is 0 Å². The molecule has 1 rings (SSSR count). The van der Waals surface area contributed by atoms with Gasteiger partial charge in [0.2, 0.25) is 0 Å². The van der Waals surface area contributed by atoms with Gasteiger partial charge in [-0.25, -0.2) is 4.98 Å². The number of nitrogens with zero attached hydrogens (tertiary/aromatic N) is 1. The van der Waals surface area contributed by atoms with Crippen molar-refractivity contribution in [1.82, 2.24) is 10.3 Å². The van der Waals surface area contributed by atoms with Crippen LogP contribution in [0.4, 0.5) is 0 Å². The highest BCUT2D eigenvalue weighted by molar-refractivity contribution is 5.75. The zero-order valence-corrected chi connectivity index (χ0v) is 11.0. The Morgan fingerprint density at radius 2 is 2.06 bits per heavy atom. The second kappa shape index (κ2) is 4.49. The molecule has 0 bridgehead atoms. The highest BCUT2D eigenvalue weighted by atomic mass is 16.4. The molecule has 1 aromatic heterocycles. The van der Waals surface area contributed by atoms with Crippen molar-refractivity contribution in [3.63, 3.8) is 0 Å². The number of nitrogens with one attached hydrogen (secondary N) is 1. The topological polar surface area (TPSA) is 75.4 Å². The molecule has 5 heteroatoms. The fraction of sp³-hybridized carbons (Fsp3) is 0.667. The molecule has 0 aliphatic carbocycles. The summed E-state index contributed by atoms with van der Waals surface area (Å²) >= 11 is 0. The molecule has 0 saturated heterocycles. The number of oxazole rings is 1. The highest BCUT2D eigenvalue weighted by Gasteiger charge is 2.43. The molecule has 0 fully saturated rings. The quantitative estimate of drug-likeness (QED) is 0.822. The molecule has 0 amide bonds. The van der Waals surface area contributed by atoms with Crippen LogP contribution >= 0.6 is 0 Å². The average molecular weight is 240 g/mol. The summed E-state index contributed by atoms with van der Waals surface area (Å²) in [5.41, 5.74) is -0.617. The van der Waals surface area contributed by atoms with Crippen LogP contribution in [-0.2, 0) is 11.3 Å². The monoisotopic (exact) mass is 240 g/mol. The Kier molecular flexibility index (Phi) is 3.62. The summed E-state index contributed by atoms with van der Waals surface area (Å²) in [5.74, 6) is -0.0756. The van der Waals surface area contributed by atoms with Crippen LogP contribution in [0.1, 0.15) is 39.1 Å². The Morgan fingerprint density at radius 3 is 2.47 bits per heavy atom. The molecule has 0 saturated carbocycles. The van der Waals surface area contributed by atoms with Crippen LogP contribution in [0, 0.1) is 12.3 Å². The number of carboxylic acid groups (broad SMARTS) is 1. The van der Waals surface area contributed by atoms with Crippen LogP contribution in [0.2, 0.25) is 0 Å². The molecule has 0 aromatic carbocycles. The lowest BCUT2D eigenvalue weighted by Crippen LogP contribution is -2.54. The molecule has 17 heavy (non-hydrogen) atoms. The Balaban J connectivity index is 2.74. The van der Waals surface area contributed by atoms with E-state index in [2.05, 4.69) is 10.3 Å². The molecule has 96 valence electrons. The van der Waals surface area contributed by atoms with Crippen LogP contribution < -0.4 is 5.32 Å². The zero-order valence-electron chi connectivity index (χ0n) is 11.0. The van der Waals surface area contributed by atoms with Crippen molar-refractivity contribution in [2.24, 2.45) is 5.41 Å². The summed E-state index contributed by atoms with van der Waals surface area (Å²) in [6.07, 6.45) is 1.39. The molecule has 2 N–H and O–H groups in total. The van der Waals surface area contributed by atoms with E-state index in [0.29, 0.717) is 6.54 Å². The summed E-state index contributed by atoms with van der Waals surface area (Å²) in [6.45, 7) is 9.48. The third-order valence-electron chi connectivity index (χ3n) is 3.64. The van der Waals surface area contributed by atoms with Crippen molar-refractivity contribution in [2.75, 3.05) is 0 Å². The van der Waals surface area contributed by atoms with Gasteiger partial charge < -0.3 is 14.8 Å². The van der Waals surface area contributed by atoms with Crippen LogP contribution in [-0.4, -0.2) is 21.6 Å². The predicted molar refractivity (Wildman–Crippen MR) is 63.6 cm³/mol. The largest absolute Gasteiger partial charge is 0.481 e. The van der Waals surface area contributed by atoms with Crippen molar-refractivity contribution in [3.05, 3.63) is 17.8 Å². The number of hydrogen-bond acceptors (Lipinski definition) is 4. The molecule has 0 unspecified atom stereocenters. The van der Waals surface area contributed by atoms with E-state index >= 15 is 0 Å². The minimum absolute atomic E-state index is 0.492. The first-order valence-corrected chi connectivity index (χ1v) is 5.56. The van der Waals surface area contributed by atoms with Crippen LogP contribution in [0.5, 0.6) is 0 Å². The number of rotatable bonds is 5. The van der Waals surface area contributed by atoms with E-state index in [1.165, 1.54) is 6.39 Å². The van der Waals surface area contributed by atoms with Gasteiger partial charge in [0, 0.05) is 12.1 Å². The van der Waals surface area contributed by atoms with Crippen molar-refractivity contribution in [2.45, 2.75) is 46.7 Å². The number of aliphatic carboxylic acids is 1. The predicted octanol–water partition coefficient (Wildman–Crippen LogP) is 1.96. The molecule has 5 nitrogen and oxygen atoms in total. The summed E-state index contributed by atoms with van der Waals surface area (Å²) in [5, 5.41) is 12.4. The molecule has 0 aliphatic heterocycles. The summed E-state index contributed by atoms with van der Waals surface area (Å²) in [6, 6.07) is 0. The van der Waals surface area contributed by atoms with Gasteiger partial charge in [0.15, 0.2) is 6.39 Å². The Labute approximate surface area is 101 Å². The molecule has 1 aromatic rings. The molecule has 1 heterocycles. The van der Waals surface area contributed by atoms with Crippen molar-refractivity contribution >= 4 is 5.97 Å². The maximum atomic E-state index is 11.2. The fourth-order valence-corrected chi connectivity index (χ4v) is 1.29. The van der Waals surface area contributed by atoms with Crippen LogP contribution in [0.3, 0.4) is 0 Å². The van der Waals surface area contributed by atoms with E-state index in [4.69, 9.17) is 4.42 Å². The van der Waals surface area contributed by atoms with E-state index in [-0.39, 0.29) is 0 Å². The number of aromatic nitrogens is 1. The minimum Gasteiger partial charge on any atom is -0.481 e. The second-order valence-electron chi connectivity index (χ2n) is 5.26. The average Bonchev–Trinajstić information content (AvgIpc) is 2.60. The summed E-state index contributed by atoms with van der Waals surface area (Å²) in [4.78, 5) is 15.3. The maximum Gasteiger partial charge on any atom is 0.310 e. The van der Waals surface area contributed by atoms with E-state index < -0.39 is 16.9 Å². The van der Waals surface area contributed by atoms with Gasteiger partial charge in [0.05, 0.1) is 11.1 Å². The zero-order chi connectivity index (χ0) is 13.3. The highest BCUT2D eigenvalue weighted by Crippen LogP contribution is 2.31. The van der Waals surface area contributed by atoms with Gasteiger partial charge in [-0.3, -0.25) is 4.79 Å². The SMILES string of the molecule is Cc1ocnc1CNC(C)(C)C(C)(C)C(=O)O. The molecule has 0 radical (unpaired) electrons. The second-order valence-corrected chi connectivity index (χ2v) is 5.26. The van der Waals surface area contributed by atoms with E-state index in [9.17, 15) is 9.90 Å². The smallest absolute Gasteiger partial charge is 0.310 e. The standard InChI is InChI=1S/C12H20N2O3/c1-8-9(13-7-17-8)6-14-12(4,5)11(2,3)10(15)16/h7,14H,6H2,1-5H3,(H,15,16). The van der Waals surface area contributed by atoms with Gasteiger partial charge in [-0.2, -0.15) is 0 Å². The number of aryl methyl sites for hydroxylation is 1. The first-order valence-electron chi connectivity index (χ1n) is 5.56. The summed E-state index contributed by atoms with van der Waals surface area (Å²) in [7, 11) is 0. The number of carbonyl (C=O) groups is 1. The van der Waals surface area contributed by atoms with Gasteiger partial charge in [-0.1, -0.05) is 0 Å². The van der Waals surface area contributed by atoms with Crippen LogP contribution in [0.15, 0.2) is 10.8 Å². The first-order chi connectivity index (χ1) is 7.68. The van der Waals surface area contributed by atoms with Crippen LogP contribution in [0.25, 0.3) is 0 Å². The first kappa shape index (κ1) is 13.7. The number of carboxylic acids is 1. The molecular formula is C12H20N2O3. The normalized spacial score (nSPS) is 12.8. The van der Waals surface area contributed by atoms with Gasteiger partial charge in [0.1, 0.15) is 5.76 Å². The van der Waals surface area contributed by atoms with E-state index in [1.54, 1.807) is 13.8 Å². The molecular weight excluding hydrogens is 220 g/mol. The number of hydrogen-bond donors (Lipinski definition) is 2. The molecule has 0 spiro atoms. The van der Waals surface area contributed by atoms with Gasteiger partial charge in [-0.05, 0) is 34.6 Å². The van der Waals surface area contributed by atoms with Gasteiger partial charge in [0.25, 0.3) is 0 Å². The lowest BCUT2D eigenvalue weighted by atomic mass is 9.74. The summed E-state index contributed by atoms with van der Waals surface area (Å²) < 4.78 is 5.10. The Bertz CT molecular complexity index is 408. The maximum absolute atomic E-state index is 11.2. The lowest BCUT2D eigenvalue weighted by Gasteiger charge is -2.38. The van der Waals surface area contributed by atoms with E-state index in [1.807, 2.05) is 20.8 Å². The van der Waals surface area contributed by atoms with Crippen molar-refractivity contribution < 1.29 is 14.3 Å². The Morgan fingerprint density at radius 1 is 1.47 bits per heavy atom. The molecule has 0 aliphatic rings. The minimum atomic E-state index is -0.870. The Hall–Kier alpha value is -1.36. The van der Waals surface area contributed by atoms with Gasteiger partial charge >= 0.3 is 5.97 Å².